The van der Waals surface area contributed by atoms with E-state index in [0.717, 1.165) is 6.42 Å². The van der Waals surface area contributed by atoms with Gasteiger partial charge in [-0.25, -0.2) is 22.6 Å². The number of fused-ring (bicyclic) bond motifs is 3. The fraction of sp³-hybridized carbons (Fsp3) is 0.559. The van der Waals surface area contributed by atoms with Gasteiger partial charge in [0.1, 0.15) is 23.7 Å². The molecule has 4 amide bonds. The minimum atomic E-state index is -3.92. The van der Waals surface area contributed by atoms with Crippen LogP contribution in [0.5, 0.6) is 11.6 Å². The van der Waals surface area contributed by atoms with Crippen molar-refractivity contribution in [1.82, 2.24) is 25.2 Å². The summed E-state index contributed by atoms with van der Waals surface area (Å²) in [6.45, 7) is 3.64. The van der Waals surface area contributed by atoms with Gasteiger partial charge in [-0.2, -0.15) is 0 Å². The molecule has 2 aliphatic carbocycles. The van der Waals surface area contributed by atoms with E-state index in [1.165, 1.54) is 30.3 Å². The maximum Gasteiger partial charge on any atom is 0.405 e. The van der Waals surface area contributed by atoms with Crippen LogP contribution in [-0.4, -0.2) is 89.9 Å². The summed E-state index contributed by atoms with van der Waals surface area (Å²) in [7, 11) is -2.58. The molecular formula is C34H42FN5O9S. The Morgan fingerprint density at radius 2 is 1.88 bits per heavy atom. The number of carbonyl (C=O) groups excluding carboxylic acids is 3. The average Bonchev–Trinajstić information content (AvgIpc) is 3.99. The lowest BCUT2D eigenvalue weighted by Gasteiger charge is -2.32. The number of allylic oxidation sites excluding steroid dienone is 1. The molecule has 0 unspecified atom stereocenters. The molecule has 16 heteroatoms. The number of methoxy groups -OCH3 is 1. The van der Waals surface area contributed by atoms with Gasteiger partial charge in [-0.15, -0.1) is 0 Å². The van der Waals surface area contributed by atoms with Crippen molar-refractivity contribution in [3.8, 4) is 11.6 Å². The van der Waals surface area contributed by atoms with Crippen LogP contribution < -0.4 is 24.8 Å². The van der Waals surface area contributed by atoms with Crippen molar-refractivity contribution in [2.45, 2.75) is 87.8 Å². The third kappa shape index (κ3) is 7.07. The fourth-order valence-electron chi connectivity index (χ4n) is 7.21. The molecule has 4 N–H and O–H groups in total. The number of carbonyl (C=O) groups is 4. The number of amides is 4. The Morgan fingerprint density at radius 1 is 1.12 bits per heavy atom. The quantitative estimate of drug-likeness (QED) is 0.310. The van der Waals surface area contributed by atoms with Gasteiger partial charge in [-0.05, 0) is 68.6 Å². The second kappa shape index (κ2) is 13.7. The second-order valence-corrected chi connectivity index (χ2v) is 15.9. The van der Waals surface area contributed by atoms with E-state index in [9.17, 15) is 32.7 Å². The zero-order chi connectivity index (χ0) is 36.0. The number of rotatable bonds is 7. The monoisotopic (exact) mass is 715 g/mol. The Labute approximate surface area is 289 Å². The first-order valence-electron chi connectivity index (χ1n) is 16.9. The van der Waals surface area contributed by atoms with Gasteiger partial charge in [0.25, 0.3) is 5.91 Å². The highest BCUT2D eigenvalue weighted by Crippen LogP contribution is 2.46. The molecule has 0 radical (unpaired) electrons. The summed E-state index contributed by atoms with van der Waals surface area (Å²) in [4.78, 5) is 59.5. The van der Waals surface area contributed by atoms with Crippen LogP contribution in [-0.2, 0) is 24.4 Å². The van der Waals surface area contributed by atoms with Crippen molar-refractivity contribution in [2.75, 3.05) is 13.7 Å². The zero-order valence-electron chi connectivity index (χ0n) is 28.1. The lowest BCUT2D eigenvalue weighted by atomic mass is 9.88. The maximum absolute atomic E-state index is 15.1. The fourth-order valence-corrected chi connectivity index (χ4v) is 8.58. The summed E-state index contributed by atoms with van der Waals surface area (Å²) in [6.07, 6.45) is 5.68. The van der Waals surface area contributed by atoms with Gasteiger partial charge in [0.2, 0.25) is 27.7 Å². The molecule has 270 valence electrons. The van der Waals surface area contributed by atoms with Crippen molar-refractivity contribution in [3.63, 3.8) is 0 Å². The normalized spacial score (nSPS) is 30.3. The van der Waals surface area contributed by atoms with Crippen LogP contribution in [0.25, 0.3) is 10.8 Å². The van der Waals surface area contributed by atoms with Crippen LogP contribution in [0.15, 0.2) is 36.5 Å². The first-order chi connectivity index (χ1) is 23.7. The third-order valence-electron chi connectivity index (χ3n) is 10.2. The van der Waals surface area contributed by atoms with E-state index >= 15 is 4.39 Å². The summed E-state index contributed by atoms with van der Waals surface area (Å²) in [5.41, 5.74) is -1.56. The van der Waals surface area contributed by atoms with Gasteiger partial charge in [0, 0.05) is 29.3 Å². The van der Waals surface area contributed by atoms with Gasteiger partial charge in [0.15, 0.2) is 11.6 Å². The first kappa shape index (κ1) is 35.4. The van der Waals surface area contributed by atoms with Gasteiger partial charge < -0.3 is 30.1 Å². The van der Waals surface area contributed by atoms with Crippen LogP contribution in [0.3, 0.4) is 0 Å². The average molecular weight is 716 g/mol. The number of nitrogens with zero attached hydrogens (tertiary/aromatic N) is 2. The molecule has 2 saturated carbocycles. The Bertz CT molecular complexity index is 1840. The lowest BCUT2D eigenvalue weighted by molar-refractivity contribution is -0.142. The molecule has 1 aromatic carbocycles. The molecule has 14 nitrogen and oxygen atoms in total. The lowest BCUT2D eigenvalue weighted by Crippen LogP contribution is -2.59. The molecule has 1 saturated heterocycles. The Kier molecular flexibility index (Phi) is 9.68. The summed E-state index contributed by atoms with van der Waals surface area (Å²) in [5, 5.41) is 14.7. The highest BCUT2D eigenvalue weighted by Gasteiger charge is 2.62. The largest absolute Gasteiger partial charge is 0.494 e. The van der Waals surface area contributed by atoms with E-state index in [1.54, 1.807) is 13.0 Å². The molecule has 50 heavy (non-hydrogen) atoms. The first-order valence-corrected chi connectivity index (χ1v) is 18.4. The van der Waals surface area contributed by atoms with E-state index in [2.05, 4.69) is 20.3 Å². The van der Waals surface area contributed by atoms with E-state index in [-0.39, 0.29) is 42.3 Å². The number of hydrogen-bond donors (Lipinski definition) is 4. The van der Waals surface area contributed by atoms with Gasteiger partial charge in [-0.3, -0.25) is 19.1 Å². The van der Waals surface area contributed by atoms with Gasteiger partial charge in [0.05, 0.1) is 18.9 Å². The summed E-state index contributed by atoms with van der Waals surface area (Å²) in [5.74, 6) is -3.55. The molecule has 1 aromatic heterocycles. The van der Waals surface area contributed by atoms with Crippen molar-refractivity contribution >= 4 is 44.6 Å². The summed E-state index contributed by atoms with van der Waals surface area (Å²) >= 11 is 0. The van der Waals surface area contributed by atoms with E-state index in [1.807, 2.05) is 19.1 Å². The number of carboxylic acid groups (broad SMARTS) is 1. The molecule has 2 aromatic rings. The molecule has 4 aliphatic rings. The number of ether oxygens (including phenoxy) is 2. The van der Waals surface area contributed by atoms with E-state index < -0.39 is 80.5 Å². The number of halogens is 1. The van der Waals surface area contributed by atoms with E-state index in [4.69, 9.17) is 9.47 Å². The summed E-state index contributed by atoms with van der Waals surface area (Å²) in [6, 6.07) is 2.06. The molecule has 3 heterocycles. The van der Waals surface area contributed by atoms with Crippen molar-refractivity contribution in [3.05, 3.63) is 42.4 Å². The molecule has 7 atom stereocenters. The van der Waals surface area contributed by atoms with Crippen LogP contribution in [0.4, 0.5) is 9.18 Å². The van der Waals surface area contributed by atoms with Crippen LogP contribution in [0, 0.1) is 23.6 Å². The molecule has 2 aliphatic heterocycles. The van der Waals surface area contributed by atoms with E-state index in [0.29, 0.717) is 31.1 Å². The highest BCUT2D eigenvalue weighted by atomic mass is 32.2. The maximum atomic E-state index is 15.1. The topological polar surface area (TPSA) is 193 Å². The highest BCUT2D eigenvalue weighted by molar-refractivity contribution is 7.91. The van der Waals surface area contributed by atoms with Crippen LogP contribution >= 0.6 is 0 Å². The van der Waals surface area contributed by atoms with Crippen molar-refractivity contribution in [2.24, 2.45) is 17.8 Å². The molecule has 0 spiro atoms. The standard InChI is InChI=1S/C34H42FN5O9S/c1-18-6-4-5-7-20-16-34(20,32(43)39-50(46,47)22-8-9-22)38-29(41)25-15-21(17-40(25)31(42)28(19(2)14-18)37-33(44)45)49-30-24-10-11-26(48-3)27(35)23(24)12-13-36-30/h5,7,10-13,18-22,25,28,37H,4,6,8-9,14-17H2,1-3H3,(H,38,41)(H,39,43)(H,44,45)/t18-,19-,20-,21-,25+,28+,34-/m1/s1. The summed E-state index contributed by atoms with van der Waals surface area (Å²) < 4.78 is 54.1. The molecule has 6 rings (SSSR count). The van der Waals surface area contributed by atoms with Crippen LogP contribution in [0.2, 0.25) is 0 Å². The second-order valence-electron chi connectivity index (χ2n) is 14.0. The number of pyridine rings is 1. The van der Waals surface area contributed by atoms with Crippen molar-refractivity contribution in [1.29, 1.82) is 0 Å². The molecular weight excluding hydrogens is 673 g/mol. The number of nitrogens with one attached hydrogen (secondary N) is 3. The number of aromatic nitrogens is 1. The minimum absolute atomic E-state index is 0.0280. The Hall–Kier alpha value is -4.47. The van der Waals surface area contributed by atoms with Gasteiger partial charge in [-0.1, -0.05) is 26.0 Å². The third-order valence-corrected chi connectivity index (χ3v) is 12.0. The number of sulfonamides is 1. The predicted octanol–water partition coefficient (Wildman–Crippen LogP) is 2.86. The SMILES string of the molecule is COc1ccc2c(O[C@@H]3C[C@H]4C(=O)N[C@]5(C(=O)NS(=O)(=O)C6CC6)C[C@H]5C=CCC[C@@H](C)C[C@@H](C)[C@H](NC(=O)O)C(=O)N4C3)nccc2c1F. The Balaban J connectivity index is 1.34. The Morgan fingerprint density at radius 3 is 2.58 bits per heavy atom. The minimum Gasteiger partial charge on any atom is -0.494 e. The predicted molar refractivity (Wildman–Crippen MR) is 178 cm³/mol. The zero-order valence-corrected chi connectivity index (χ0v) is 28.9. The van der Waals surface area contributed by atoms with Crippen LogP contribution in [0.1, 0.15) is 58.8 Å². The van der Waals surface area contributed by atoms with Gasteiger partial charge >= 0.3 is 6.09 Å². The number of hydrogen-bond acceptors (Lipinski definition) is 9. The van der Waals surface area contributed by atoms with Crippen molar-refractivity contribution < 1.29 is 46.6 Å². The molecule has 0 bridgehead atoms. The smallest absolute Gasteiger partial charge is 0.405 e. The molecule has 3 fully saturated rings. The number of benzene rings is 1.